The molecule has 2 aromatic rings. The monoisotopic (exact) mass is 277 g/mol. The van der Waals surface area contributed by atoms with Gasteiger partial charge in [-0.25, -0.2) is 9.50 Å². The standard InChI is InChI=1S/C12H15N5O3/c1-4-16(7-9(18)20-3)11(19)10-14-12-13-6-5-8(2)17(12)15-10/h5-6H,4,7H2,1-3H3. The molecule has 0 spiro atoms. The highest BCUT2D eigenvalue weighted by Crippen LogP contribution is 2.05. The maximum Gasteiger partial charge on any atom is 0.325 e. The topological polar surface area (TPSA) is 89.7 Å². The fourth-order valence-corrected chi connectivity index (χ4v) is 1.69. The molecule has 0 radical (unpaired) electrons. The van der Waals surface area contributed by atoms with E-state index in [4.69, 9.17) is 0 Å². The van der Waals surface area contributed by atoms with Crippen LogP contribution in [0, 0.1) is 6.92 Å². The summed E-state index contributed by atoms with van der Waals surface area (Å²) >= 11 is 0. The number of likely N-dealkylation sites (N-methyl/N-ethyl adjacent to an activating group) is 1. The fraction of sp³-hybridized carbons (Fsp3) is 0.417. The molecule has 2 heterocycles. The number of ether oxygens (including phenoxy) is 1. The Balaban J connectivity index is 2.30. The van der Waals surface area contributed by atoms with E-state index in [1.807, 2.05) is 6.92 Å². The van der Waals surface area contributed by atoms with Gasteiger partial charge in [-0.3, -0.25) is 9.59 Å². The van der Waals surface area contributed by atoms with Crippen molar-refractivity contribution in [1.82, 2.24) is 24.5 Å². The summed E-state index contributed by atoms with van der Waals surface area (Å²) < 4.78 is 6.04. The van der Waals surface area contributed by atoms with Gasteiger partial charge in [0.1, 0.15) is 6.54 Å². The number of hydrogen-bond acceptors (Lipinski definition) is 6. The second kappa shape index (κ2) is 5.64. The van der Waals surface area contributed by atoms with Gasteiger partial charge in [-0.2, -0.15) is 4.98 Å². The van der Waals surface area contributed by atoms with Crippen LogP contribution in [0.4, 0.5) is 0 Å². The molecule has 20 heavy (non-hydrogen) atoms. The number of hydrogen-bond donors (Lipinski definition) is 0. The molecule has 0 atom stereocenters. The largest absolute Gasteiger partial charge is 0.468 e. The van der Waals surface area contributed by atoms with Gasteiger partial charge in [0.25, 0.3) is 11.7 Å². The zero-order chi connectivity index (χ0) is 14.7. The molecule has 8 nitrogen and oxygen atoms in total. The molecule has 0 aliphatic heterocycles. The smallest absolute Gasteiger partial charge is 0.325 e. The minimum Gasteiger partial charge on any atom is -0.468 e. The van der Waals surface area contributed by atoms with E-state index in [0.29, 0.717) is 12.3 Å². The summed E-state index contributed by atoms with van der Waals surface area (Å²) in [7, 11) is 1.27. The zero-order valence-electron chi connectivity index (χ0n) is 11.5. The van der Waals surface area contributed by atoms with Crippen molar-refractivity contribution in [2.75, 3.05) is 20.2 Å². The minimum atomic E-state index is -0.488. The molecule has 0 fully saturated rings. The van der Waals surface area contributed by atoms with Crippen LogP contribution in [0.3, 0.4) is 0 Å². The first kappa shape index (κ1) is 13.9. The number of rotatable bonds is 4. The van der Waals surface area contributed by atoms with Gasteiger partial charge in [0, 0.05) is 18.4 Å². The van der Waals surface area contributed by atoms with Crippen molar-refractivity contribution in [3.8, 4) is 0 Å². The van der Waals surface area contributed by atoms with Gasteiger partial charge in [-0.1, -0.05) is 0 Å². The van der Waals surface area contributed by atoms with Crippen LogP contribution < -0.4 is 0 Å². The summed E-state index contributed by atoms with van der Waals surface area (Å²) in [4.78, 5) is 33.0. The number of esters is 1. The maximum atomic E-state index is 12.3. The quantitative estimate of drug-likeness (QED) is 0.734. The third-order valence-corrected chi connectivity index (χ3v) is 2.84. The van der Waals surface area contributed by atoms with Gasteiger partial charge in [0.15, 0.2) is 0 Å². The highest BCUT2D eigenvalue weighted by molar-refractivity contribution is 5.93. The van der Waals surface area contributed by atoms with E-state index in [1.165, 1.54) is 16.5 Å². The molecule has 0 N–H and O–H groups in total. The molecule has 0 saturated carbocycles. The maximum absolute atomic E-state index is 12.3. The third kappa shape index (κ3) is 2.58. The molecule has 8 heteroatoms. The summed E-state index contributed by atoms with van der Waals surface area (Å²) in [6.07, 6.45) is 1.60. The lowest BCUT2D eigenvalue weighted by Gasteiger charge is -2.17. The van der Waals surface area contributed by atoms with E-state index in [0.717, 1.165) is 5.69 Å². The van der Waals surface area contributed by atoms with E-state index in [9.17, 15) is 9.59 Å². The van der Waals surface area contributed by atoms with Crippen molar-refractivity contribution in [1.29, 1.82) is 0 Å². The van der Waals surface area contributed by atoms with Crippen LogP contribution in [0.1, 0.15) is 23.2 Å². The second-order valence-electron chi connectivity index (χ2n) is 4.13. The predicted octanol–water partition coefficient (Wildman–Crippen LogP) is 0.0678. The molecule has 0 unspecified atom stereocenters. The molecule has 1 amide bonds. The number of nitrogens with zero attached hydrogens (tertiary/aromatic N) is 5. The van der Waals surface area contributed by atoms with Crippen LogP contribution >= 0.6 is 0 Å². The highest BCUT2D eigenvalue weighted by atomic mass is 16.5. The molecule has 106 valence electrons. The van der Waals surface area contributed by atoms with E-state index < -0.39 is 11.9 Å². The molecule has 0 bridgehead atoms. The number of methoxy groups -OCH3 is 1. The van der Waals surface area contributed by atoms with Gasteiger partial charge in [0.2, 0.25) is 5.82 Å². The van der Waals surface area contributed by atoms with Crippen molar-refractivity contribution < 1.29 is 14.3 Å². The Kier molecular flexibility index (Phi) is 3.92. The molecule has 0 saturated heterocycles. The lowest BCUT2D eigenvalue weighted by Crippen LogP contribution is -2.36. The van der Waals surface area contributed by atoms with Gasteiger partial charge in [-0.05, 0) is 19.9 Å². The Morgan fingerprint density at radius 1 is 1.45 bits per heavy atom. The molecular weight excluding hydrogens is 262 g/mol. The van der Waals surface area contributed by atoms with Gasteiger partial charge < -0.3 is 9.64 Å². The van der Waals surface area contributed by atoms with E-state index >= 15 is 0 Å². The van der Waals surface area contributed by atoms with Crippen molar-refractivity contribution in [2.24, 2.45) is 0 Å². The number of aryl methyl sites for hydroxylation is 1. The van der Waals surface area contributed by atoms with Crippen molar-refractivity contribution in [2.45, 2.75) is 13.8 Å². The average Bonchev–Trinajstić information content (AvgIpc) is 2.89. The van der Waals surface area contributed by atoms with Crippen LogP contribution in [-0.4, -0.2) is 56.6 Å². The number of carbonyl (C=O) groups is 2. The van der Waals surface area contributed by atoms with E-state index in [-0.39, 0.29) is 12.4 Å². The third-order valence-electron chi connectivity index (χ3n) is 2.84. The van der Waals surface area contributed by atoms with Crippen LogP contribution in [0.5, 0.6) is 0 Å². The van der Waals surface area contributed by atoms with Crippen LogP contribution in [-0.2, 0) is 9.53 Å². The average molecular weight is 277 g/mol. The first-order valence-electron chi connectivity index (χ1n) is 6.11. The number of amides is 1. The summed E-state index contributed by atoms with van der Waals surface area (Å²) in [5, 5.41) is 4.11. The first-order valence-corrected chi connectivity index (χ1v) is 6.11. The van der Waals surface area contributed by atoms with Crippen LogP contribution in [0.15, 0.2) is 12.3 Å². The Bertz CT molecular complexity index is 652. The first-order chi connectivity index (χ1) is 9.56. The normalized spacial score (nSPS) is 10.6. The van der Waals surface area contributed by atoms with Crippen LogP contribution in [0.25, 0.3) is 5.78 Å². The van der Waals surface area contributed by atoms with E-state index in [2.05, 4.69) is 19.8 Å². The number of carbonyl (C=O) groups excluding carboxylic acids is 2. The van der Waals surface area contributed by atoms with Crippen molar-refractivity contribution in [3.63, 3.8) is 0 Å². The molecule has 2 rings (SSSR count). The molecular formula is C12H15N5O3. The van der Waals surface area contributed by atoms with Gasteiger partial charge in [-0.15, -0.1) is 5.10 Å². The van der Waals surface area contributed by atoms with Crippen molar-refractivity contribution >= 4 is 17.7 Å². The Morgan fingerprint density at radius 2 is 2.20 bits per heavy atom. The SMILES string of the molecule is CCN(CC(=O)OC)C(=O)c1nc2nccc(C)n2n1. The number of fused-ring (bicyclic) bond motifs is 1. The molecule has 0 aliphatic carbocycles. The van der Waals surface area contributed by atoms with Crippen molar-refractivity contribution in [3.05, 3.63) is 23.8 Å². The summed E-state index contributed by atoms with van der Waals surface area (Å²) in [5.41, 5.74) is 0.817. The fourth-order valence-electron chi connectivity index (χ4n) is 1.69. The Morgan fingerprint density at radius 3 is 2.80 bits per heavy atom. The molecule has 2 aromatic heterocycles. The highest BCUT2D eigenvalue weighted by Gasteiger charge is 2.22. The Hall–Kier alpha value is -2.51. The number of aromatic nitrogens is 4. The summed E-state index contributed by atoms with van der Waals surface area (Å²) in [6.45, 7) is 3.83. The van der Waals surface area contributed by atoms with Gasteiger partial charge >= 0.3 is 5.97 Å². The lowest BCUT2D eigenvalue weighted by molar-refractivity contribution is -0.141. The second-order valence-corrected chi connectivity index (χ2v) is 4.13. The summed E-state index contributed by atoms with van der Waals surface area (Å²) in [5.74, 6) is -0.555. The zero-order valence-corrected chi connectivity index (χ0v) is 11.5. The van der Waals surface area contributed by atoms with Crippen LogP contribution in [0.2, 0.25) is 0 Å². The lowest BCUT2D eigenvalue weighted by atomic mass is 10.4. The summed E-state index contributed by atoms with van der Waals surface area (Å²) in [6, 6.07) is 1.77. The molecule has 0 aliphatic rings. The minimum absolute atomic E-state index is 0.0116. The molecule has 0 aromatic carbocycles. The van der Waals surface area contributed by atoms with E-state index in [1.54, 1.807) is 19.2 Å². The predicted molar refractivity (Wildman–Crippen MR) is 69.1 cm³/mol. The van der Waals surface area contributed by atoms with Gasteiger partial charge in [0.05, 0.1) is 7.11 Å². The Labute approximate surface area is 115 Å².